The summed E-state index contributed by atoms with van der Waals surface area (Å²) < 4.78 is 40.1. The monoisotopic (exact) mass is 419 g/mol. The van der Waals surface area contributed by atoms with Crippen molar-refractivity contribution in [3.8, 4) is 22.9 Å². The molecule has 0 fully saturated rings. The lowest BCUT2D eigenvalue weighted by molar-refractivity contribution is -0.136. The van der Waals surface area contributed by atoms with Crippen LogP contribution in [0.2, 0.25) is 0 Å². The largest absolute Gasteiger partial charge is 0.489 e. The molecule has 7 heteroatoms. The van der Waals surface area contributed by atoms with Gasteiger partial charge in [0.25, 0.3) is 0 Å². The molecule has 0 spiro atoms. The van der Waals surface area contributed by atoms with Crippen molar-refractivity contribution in [1.82, 2.24) is 0 Å². The molecule has 0 bridgehead atoms. The van der Waals surface area contributed by atoms with Crippen molar-refractivity contribution in [2.24, 2.45) is 0 Å². The number of hydrogen-bond acceptors (Lipinski definition) is 4. The van der Waals surface area contributed by atoms with Gasteiger partial charge in [0.05, 0.1) is 18.2 Å². The minimum Gasteiger partial charge on any atom is -0.489 e. The highest BCUT2D eigenvalue weighted by Crippen LogP contribution is 2.34. The minimum absolute atomic E-state index is 0.0623. The van der Waals surface area contributed by atoms with Crippen LogP contribution in [0.15, 0.2) is 65.3 Å². The standard InChI is InChI=1S/C24H15F2NO4/c25-18-9-17(12-27)23(26)19(11-18)20-8-14(7-16-5-6-30-24(16)20)13-31-21-4-2-1-3-15(21)10-22(28)29/h1-9,11H,10,13H2,(H,28,29). The molecule has 0 aliphatic rings. The van der Waals surface area contributed by atoms with Crippen LogP contribution in [0.5, 0.6) is 5.75 Å². The molecule has 4 aromatic rings. The predicted molar refractivity (Wildman–Crippen MR) is 108 cm³/mol. The molecule has 0 unspecified atom stereocenters. The molecule has 0 aliphatic heterocycles. The van der Waals surface area contributed by atoms with Crippen LogP contribution < -0.4 is 4.74 Å². The summed E-state index contributed by atoms with van der Waals surface area (Å²) in [5, 5.41) is 18.8. The van der Waals surface area contributed by atoms with Gasteiger partial charge in [-0.25, -0.2) is 8.78 Å². The number of carboxylic acids is 1. The summed E-state index contributed by atoms with van der Waals surface area (Å²) in [5.74, 6) is -2.14. The Bertz CT molecular complexity index is 1340. The Labute approximate surface area is 175 Å². The highest BCUT2D eigenvalue weighted by molar-refractivity contribution is 5.93. The number of hydrogen-bond donors (Lipinski definition) is 1. The zero-order valence-electron chi connectivity index (χ0n) is 16.1. The molecule has 1 heterocycles. The van der Waals surface area contributed by atoms with Crippen LogP contribution >= 0.6 is 0 Å². The number of rotatable bonds is 6. The second-order valence-electron chi connectivity index (χ2n) is 6.88. The number of carbonyl (C=O) groups is 1. The van der Waals surface area contributed by atoms with Crippen molar-refractivity contribution in [3.63, 3.8) is 0 Å². The highest BCUT2D eigenvalue weighted by atomic mass is 19.1. The molecule has 0 saturated carbocycles. The second kappa shape index (κ2) is 8.28. The summed E-state index contributed by atoms with van der Waals surface area (Å²) in [6, 6.07) is 15.4. The third-order valence-electron chi connectivity index (χ3n) is 4.77. The van der Waals surface area contributed by atoms with Crippen molar-refractivity contribution in [3.05, 3.63) is 89.2 Å². The van der Waals surface area contributed by atoms with Crippen LogP contribution in [-0.2, 0) is 17.8 Å². The maximum atomic E-state index is 14.8. The van der Waals surface area contributed by atoms with E-state index < -0.39 is 23.2 Å². The van der Waals surface area contributed by atoms with Gasteiger partial charge in [-0.1, -0.05) is 18.2 Å². The number of nitriles is 1. The molecular formula is C24H15F2NO4. The number of halogens is 2. The normalized spacial score (nSPS) is 10.7. The van der Waals surface area contributed by atoms with Crippen LogP contribution in [0.3, 0.4) is 0 Å². The molecular weight excluding hydrogens is 404 g/mol. The van der Waals surface area contributed by atoms with Crippen molar-refractivity contribution in [2.75, 3.05) is 0 Å². The van der Waals surface area contributed by atoms with E-state index in [1.54, 1.807) is 48.5 Å². The summed E-state index contributed by atoms with van der Waals surface area (Å²) in [5.41, 5.74) is 1.30. The fourth-order valence-corrected chi connectivity index (χ4v) is 3.41. The number of fused-ring (bicyclic) bond motifs is 1. The first-order chi connectivity index (χ1) is 15.0. The minimum atomic E-state index is -0.979. The average molecular weight is 419 g/mol. The van der Waals surface area contributed by atoms with Crippen LogP contribution in [-0.4, -0.2) is 11.1 Å². The Kier molecular flexibility index (Phi) is 5.37. The smallest absolute Gasteiger partial charge is 0.307 e. The summed E-state index contributed by atoms with van der Waals surface area (Å²) in [6.07, 6.45) is 1.25. The van der Waals surface area contributed by atoms with Gasteiger partial charge in [0.2, 0.25) is 0 Å². The SMILES string of the molecule is N#Cc1cc(F)cc(-c2cc(COc3ccccc3CC(=O)O)cc3ccoc23)c1F. The molecule has 0 amide bonds. The average Bonchev–Trinajstić information content (AvgIpc) is 3.22. The fraction of sp³-hybridized carbons (Fsp3) is 0.0833. The quantitative estimate of drug-likeness (QED) is 0.449. The van der Waals surface area contributed by atoms with Gasteiger partial charge in [0.15, 0.2) is 0 Å². The summed E-state index contributed by atoms with van der Waals surface area (Å²) in [6.45, 7) is 0.0623. The second-order valence-corrected chi connectivity index (χ2v) is 6.88. The molecule has 0 atom stereocenters. The first-order valence-corrected chi connectivity index (χ1v) is 9.28. The van der Waals surface area contributed by atoms with Crippen LogP contribution in [0.1, 0.15) is 16.7 Å². The summed E-state index contributed by atoms with van der Waals surface area (Å²) in [4.78, 5) is 11.1. The number of carboxylic acid groups (broad SMARTS) is 1. The van der Waals surface area contributed by atoms with Crippen molar-refractivity contribution < 1.29 is 27.8 Å². The van der Waals surface area contributed by atoms with E-state index in [9.17, 15) is 13.6 Å². The van der Waals surface area contributed by atoms with Gasteiger partial charge in [0, 0.05) is 22.1 Å². The van der Waals surface area contributed by atoms with Gasteiger partial charge in [-0.05, 0) is 42.0 Å². The zero-order valence-corrected chi connectivity index (χ0v) is 16.1. The van der Waals surface area contributed by atoms with Gasteiger partial charge in [0.1, 0.15) is 35.6 Å². The molecule has 3 aromatic carbocycles. The number of benzene rings is 3. The van der Waals surface area contributed by atoms with E-state index in [-0.39, 0.29) is 24.2 Å². The highest BCUT2D eigenvalue weighted by Gasteiger charge is 2.18. The van der Waals surface area contributed by atoms with Crippen molar-refractivity contribution in [2.45, 2.75) is 13.0 Å². The molecule has 1 N–H and O–H groups in total. The number of para-hydroxylation sites is 1. The first kappa shape index (κ1) is 20.1. The molecule has 5 nitrogen and oxygen atoms in total. The number of aliphatic carboxylic acids is 1. The number of furan rings is 1. The van der Waals surface area contributed by atoms with E-state index in [1.807, 2.05) is 0 Å². The predicted octanol–water partition coefficient (Wildman–Crippen LogP) is 5.46. The third-order valence-corrected chi connectivity index (χ3v) is 4.77. The van der Waals surface area contributed by atoms with E-state index in [2.05, 4.69) is 0 Å². The molecule has 4 rings (SSSR count). The lowest BCUT2D eigenvalue weighted by Crippen LogP contribution is -2.04. The fourth-order valence-electron chi connectivity index (χ4n) is 3.41. The Hall–Kier alpha value is -4.18. The van der Waals surface area contributed by atoms with Crippen LogP contribution in [0.25, 0.3) is 22.1 Å². The Morgan fingerprint density at radius 3 is 2.68 bits per heavy atom. The molecule has 154 valence electrons. The van der Waals surface area contributed by atoms with Crippen LogP contribution in [0.4, 0.5) is 8.78 Å². The van der Waals surface area contributed by atoms with E-state index in [0.717, 1.165) is 12.1 Å². The first-order valence-electron chi connectivity index (χ1n) is 9.28. The number of nitrogens with zero attached hydrogens (tertiary/aromatic N) is 1. The molecule has 0 radical (unpaired) electrons. The number of ether oxygens (including phenoxy) is 1. The summed E-state index contributed by atoms with van der Waals surface area (Å²) >= 11 is 0. The van der Waals surface area contributed by atoms with Gasteiger partial charge in [-0.3, -0.25) is 4.79 Å². The molecule has 0 saturated heterocycles. The van der Waals surface area contributed by atoms with E-state index in [1.165, 1.54) is 6.26 Å². The lowest BCUT2D eigenvalue weighted by Gasteiger charge is -2.12. The lowest BCUT2D eigenvalue weighted by atomic mass is 9.98. The van der Waals surface area contributed by atoms with Crippen molar-refractivity contribution >= 4 is 16.9 Å². The van der Waals surface area contributed by atoms with Gasteiger partial charge in [-0.15, -0.1) is 0 Å². The maximum Gasteiger partial charge on any atom is 0.307 e. The Balaban J connectivity index is 1.74. The Morgan fingerprint density at radius 2 is 1.90 bits per heavy atom. The van der Waals surface area contributed by atoms with Gasteiger partial charge >= 0.3 is 5.97 Å². The Morgan fingerprint density at radius 1 is 1.10 bits per heavy atom. The molecule has 0 aliphatic carbocycles. The van der Waals surface area contributed by atoms with Gasteiger partial charge < -0.3 is 14.3 Å². The van der Waals surface area contributed by atoms with Gasteiger partial charge in [-0.2, -0.15) is 5.26 Å². The van der Waals surface area contributed by atoms with Crippen molar-refractivity contribution in [1.29, 1.82) is 5.26 Å². The van der Waals surface area contributed by atoms with E-state index >= 15 is 0 Å². The maximum absolute atomic E-state index is 14.8. The molecule has 31 heavy (non-hydrogen) atoms. The topological polar surface area (TPSA) is 83.5 Å². The van der Waals surface area contributed by atoms with Crippen LogP contribution in [0, 0.1) is 23.0 Å². The zero-order chi connectivity index (χ0) is 22.0. The molecule has 1 aromatic heterocycles. The summed E-state index contributed by atoms with van der Waals surface area (Å²) in [7, 11) is 0. The van der Waals surface area contributed by atoms with E-state index in [4.69, 9.17) is 19.5 Å². The third kappa shape index (κ3) is 4.09. The van der Waals surface area contributed by atoms with E-state index in [0.29, 0.717) is 27.8 Å².